The van der Waals surface area contributed by atoms with Crippen LogP contribution in [0.25, 0.3) is 10.8 Å². The summed E-state index contributed by atoms with van der Waals surface area (Å²) in [6.07, 6.45) is 1.66. The van der Waals surface area contributed by atoms with Gasteiger partial charge in [-0.3, -0.25) is 0 Å². The minimum Gasteiger partial charge on any atom is -0.508 e. The van der Waals surface area contributed by atoms with Gasteiger partial charge in [-0.05, 0) is 18.2 Å². The Hall–Kier alpha value is -1.97. The first kappa shape index (κ1) is 12.1. The SMILES string of the molecule is NC(c1cc(Cl)ccc1O)c1occ2ccccc12. The standard InChI is InChI=1S/C15H12ClNO2/c16-10-5-6-13(18)12(7-10)14(17)15-11-4-2-1-3-9(11)8-19-15/h1-8,14,18H,17H2. The van der Waals surface area contributed by atoms with Crippen LogP contribution in [0.3, 0.4) is 0 Å². The maximum Gasteiger partial charge on any atom is 0.132 e. The molecule has 0 saturated carbocycles. The molecule has 0 radical (unpaired) electrons. The van der Waals surface area contributed by atoms with Crippen LogP contribution in [0.2, 0.25) is 5.02 Å². The maximum atomic E-state index is 9.90. The largest absolute Gasteiger partial charge is 0.508 e. The molecule has 96 valence electrons. The summed E-state index contributed by atoms with van der Waals surface area (Å²) in [6, 6.07) is 12.0. The van der Waals surface area contributed by atoms with Crippen molar-refractivity contribution >= 4 is 22.4 Å². The molecule has 0 spiro atoms. The zero-order chi connectivity index (χ0) is 13.4. The normalized spacial score (nSPS) is 12.7. The second-order valence-corrected chi connectivity index (χ2v) is 4.80. The molecule has 3 nitrogen and oxygen atoms in total. The molecule has 0 saturated heterocycles. The molecule has 3 rings (SSSR count). The van der Waals surface area contributed by atoms with Gasteiger partial charge in [0, 0.05) is 21.4 Å². The quantitative estimate of drug-likeness (QED) is 0.746. The molecule has 19 heavy (non-hydrogen) atoms. The number of phenols is 1. The molecule has 1 atom stereocenters. The summed E-state index contributed by atoms with van der Waals surface area (Å²) < 4.78 is 5.55. The average Bonchev–Trinajstić information content (AvgIpc) is 2.84. The molecule has 0 aliphatic carbocycles. The number of nitrogens with two attached hydrogens (primary N) is 1. The van der Waals surface area contributed by atoms with Crippen molar-refractivity contribution in [3.8, 4) is 5.75 Å². The Balaban J connectivity index is 2.13. The Morgan fingerprint density at radius 2 is 1.95 bits per heavy atom. The number of furan rings is 1. The Kier molecular flexibility index (Phi) is 2.93. The lowest BCUT2D eigenvalue weighted by atomic mass is 10.0. The molecular weight excluding hydrogens is 262 g/mol. The lowest BCUT2D eigenvalue weighted by molar-refractivity contribution is 0.451. The van der Waals surface area contributed by atoms with Crippen molar-refractivity contribution in [2.24, 2.45) is 5.73 Å². The van der Waals surface area contributed by atoms with Crippen molar-refractivity contribution in [2.75, 3.05) is 0 Å². The number of phenolic OH excluding ortho intramolecular Hbond substituents is 1. The van der Waals surface area contributed by atoms with Crippen LogP contribution in [0.5, 0.6) is 5.75 Å². The Morgan fingerprint density at radius 1 is 1.16 bits per heavy atom. The van der Waals surface area contributed by atoms with Crippen LogP contribution in [-0.2, 0) is 0 Å². The van der Waals surface area contributed by atoms with Crippen LogP contribution < -0.4 is 5.73 Å². The lowest BCUT2D eigenvalue weighted by Gasteiger charge is -2.12. The fourth-order valence-corrected chi connectivity index (χ4v) is 2.35. The average molecular weight is 274 g/mol. The van der Waals surface area contributed by atoms with E-state index < -0.39 is 6.04 Å². The smallest absolute Gasteiger partial charge is 0.132 e. The molecule has 0 amide bonds. The molecule has 3 N–H and O–H groups in total. The van der Waals surface area contributed by atoms with E-state index in [2.05, 4.69) is 0 Å². The van der Waals surface area contributed by atoms with Gasteiger partial charge in [-0.25, -0.2) is 0 Å². The summed E-state index contributed by atoms with van der Waals surface area (Å²) in [5, 5.41) is 12.3. The number of hydrogen-bond donors (Lipinski definition) is 2. The van der Waals surface area contributed by atoms with Gasteiger partial charge >= 0.3 is 0 Å². The molecule has 1 unspecified atom stereocenters. The summed E-state index contributed by atoms with van der Waals surface area (Å²) >= 11 is 5.94. The van der Waals surface area contributed by atoms with E-state index in [4.69, 9.17) is 21.8 Å². The van der Waals surface area contributed by atoms with Gasteiger partial charge in [0.1, 0.15) is 11.5 Å². The molecule has 0 aliphatic rings. The van der Waals surface area contributed by atoms with Crippen molar-refractivity contribution in [3.63, 3.8) is 0 Å². The highest BCUT2D eigenvalue weighted by Gasteiger charge is 2.19. The van der Waals surface area contributed by atoms with Crippen molar-refractivity contribution < 1.29 is 9.52 Å². The summed E-state index contributed by atoms with van der Waals surface area (Å²) in [7, 11) is 0. The van der Waals surface area contributed by atoms with E-state index >= 15 is 0 Å². The first-order chi connectivity index (χ1) is 9.16. The van der Waals surface area contributed by atoms with Crippen LogP contribution in [0.15, 0.2) is 53.1 Å². The van der Waals surface area contributed by atoms with Gasteiger partial charge < -0.3 is 15.3 Å². The van der Waals surface area contributed by atoms with Gasteiger partial charge in [0.2, 0.25) is 0 Å². The second-order valence-electron chi connectivity index (χ2n) is 4.37. The highest BCUT2D eigenvalue weighted by atomic mass is 35.5. The van der Waals surface area contributed by atoms with E-state index in [1.807, 2.05) is 24.3 Å². The molecule has 3 aromatic rings. The Labute approximate surface area is 115 Å². The van der Waals surface area contributed by atoms with E-state index in [9.17, 15) is 5.11 Å². The molecule has 4 heteroatoms. The monoisotopic (exact) mass is 273 g/mol. The van der Waals surface area contributed by atoms with E-state index in [1.165, 1.54) is 6.07 Å². The highest BCUT2D eigenvalue weighted by Crippen LogP contribution is 2.34. The minimum absolute atomic E-state index is 0.109. The fraction of sp³-hybridized carbons (Fsp3) is 0.0667. The lowest BCUT2D eigenvalue weighted by Crippen LogP contribution is -2.11. The third-order valence-electron chi connectivity index (χ3n) is 3.15. The van der Waals surface area contributed by atoms with E-state index in [1.54, 1.807) is 18.4 Å². The number of aromatic hydroxyl groups is 1. The first-order valence-corrected chi connectivity index (χ1v) is 6.25. The molecule has 1 aromatic heterocycles. The third kappa shape index (κ3) is 2.07. The van der Waals surface area contributed by atoms with Crippen molar-refractivity contribution in [2.45, 2.75) is 6.04 Å². The number of rotatable bonds is 2. The van der Waals surface area contributed by atoms with Gasteiger partial charge in [-0.2, -0.15) is 0 Å². The first-order valence-electron chi connectivity index (χ1n) is 5.87. The van der Waals surface area contributed by atoms with Gasteiger partial charge in [-0.1, -0.05) is 35.9 Å². The van der Waals surface area contributed by atoms with Crippen LogP contribution in [-0.4, -0.2) is 5.11 Å². The van der Waals surface area contributed by atoms with Gasteiger partial charge in [-0.15, -0.1) is 0 Å². The van der Waals surface area contributed by atoms with Crippen LogP contribution in [0.1, 0.15) is 17.4 Å². The van der Waals surface area contributed by atoms with E-state index in [-0.39, 0.29) is 5.75 Å². The van der Waals surface area contributed by atoms with Crippen molar-refractivity contribution in [1.82, 2.24) is 0 Å². The Bertz CT molecular complexity index is 736. The minimum atomic E-state index is -0.557. The van der Waals surface area contributed by atoms with Crippen LogP contribution >= 0.6 is 11.6 Å². The molecule has 1 heterocycles. The highest BCUT2D eigenvalue weighted by molar-refractivity contribution is 6.30. The summed E-state index contributed by atoms with van der Waals surface area (Å²) in [5.74, 6) is 0.727. The zero-order valence-corrected chi connectivity index (χ0v) is 10.8. The zero-order valence-electron chi connectivity index (χ0n) is 10.0. The second kappa shape index (κ2) is 4.61. The summed E-state index contributed by atoms with van der Waals surface area (Å²) in [5.41, 5.74) is 6.73. The van der Waals surface area contributed by atoms with Gasteiger partial charge in [0.25, 0.3) is 0 Å². The van der Waals surface area contributed by atoms with Crippen molar-refractivity contribution in [1.29, 1.82) is 0 Å². The van der Waals surface area contributed by atoms with Gasteiger partial charge in [0.15, 0.2) is 0 Å². The fourth-order valence-electron chi connectivity index (χ4n) is 2.17. The molecule has 0 fully saturated rings. The molecule has 0 bridgehead atoms. The molecule has 0 aliphatic heterocycles. The predicted octanol–water partition coefficient (Wildman–Crippen LogP) is 3.84. The van der Waals surface area contributed by atoms with Crippen molar-refractivity contribution in [3.05, 3.63) is 65.1 Å². The van der Waals surface area contributed by atoms with Gasteiger partial charge in [0.05, 0.1) is 12.3 Å². The molecule has 2 aromatic carbocycles. The Morgan fingerprint density at radius 3 is 2.79 bits per heavy atom. The predicted molar refractivity (Wildman–Crippen MR) is 75.4 cm³/mol. The topological polar surface area (TPSA) is 59.4 Å². The number of benzene rings is 2. The maximum absolute atomic E-state index is 9.90. The number of fused-ring (bicyclic) bond motifs is 1. The summed E-state index contributed by atoms with van der Waals surface area (Å²) in [4.78, 5) is 0. The van der Waals surface area contributed by atoms with E-state index in [0.29, 0.717) is 16.3 Å². The third-order valence-corrected chi connectivity index (χ3v) is 3.38. The van der Waals surface area contributed by atoms with Crippen LogP contribution in [0.4, 0.5) is 0 Å². The number of halogens is 1. The summed E-state index contributed by atoms with van der Waals surface area (Å²) in [6.45, 7) is 0. The van der Waals surface area contributed by atoms with E-state index in [0.717, 1.165) is 10.8 Å². The number of hydrogen-bond acceptors (Lipinski definition) is 3. The molecular formula is C15H12ClNO2. The van der Waals surface area contributed by atoms with Crippen LogP contribution in [0, 0.1) is 0 Å².